The lowest BCUT2D eigenvalue weighted by molar-refractivity contribution is 0.0589. The van der Waals surface area contributed by atoms with Crippen molar-refractivity contribution in [2.24, 2.45) is 0 Å². The van der Waals surface area contributed by atoms with Crippen LogP contribution in [-0.2, 0) is 6.54 Å². The van der Waals surface area contributed by atoms with Crippen molar-refractivity contribution in [3.63, 3.8) is 0 Å². The summed E-state index contributed by atoms with van der Waals surface area (Å²) in [6.45, 7) is 2.94. The first-order chi connectivity index (χ1) is 19.4. The second-order valence-electron chi connectivity index (χ2n) is 10.1. The maximum absolute atomic E-state index is 14.3. The van der Waals surface area contributed by atoms with Gasteiger partial charge in [0.2, 0.25) is 0 Å². The van der Waals surface area contributed by atoms with Crippen LogP contribution in [0.1, 0.15) is 47.8 Å². The van der Waals surface area contributed by atoms with Crippen LogP contribution in [-0.4, -0.2) is 48.1 Å². The average Bonchev–Trinajstić information content (AvgIpc) is 3.32. The van der Waals surface area contributed by atoms with Crippen molar-refractivity contribution >= 4 is 50.7 Å². The fraction of sp³-hybridized carbons (Fsp3) is 0.344. The molecule has 0 aliphatic heterocycles. The molecule has 0 bridgehead atoms. The van der Waals surface area contributed by atoms with Gasteiger partial charge < -0.3 is 14.4 Å². The molecule has 3 aromatic carbocycles. The van der Waals surface area contributed by atoms with Crippen molar-refractivity contribution in [2.45, 2.75) is 51.2 Å². The number of carbonyl (C=O) groups excluding carboxylic acids is 1. The Balaban J connectivity index is 1.52. The third-order valence-electron chi connectivity index (χ3n) is 7.72. The molecule has 1 aliphatic carbocycles. The minimum atomic E-state index is -0.0359. The molecular formula is C32H34Cl2N2O3S. The number of rotatable bonds is 9. The highest BCUT2D eigenvalue weighted by Crippen LogP contribution is 2.39. The fourth-order valence-electron chi connectivity index (χ4n) is 5.52. The van der Waals surface area contributed by atoms with Gasteiger partial charge in [0.25, 0.3) is 5.91 Å². The summed E-state index contributed by atoms with van der Waals surface area (Å²) in [5.74, 6) is 1.56. The van der Waals surface area contributed by atoms with Crippen LogP contribution in [0.25, 0.3) is 21.2 Å². The molecule has 0 unspecified atom stereocenters. The van der Waals surface area contributed by atoms with Crippen LogP contribution in [0.4, 0.5) is 0 Å². The average molecular weight is 598 g/mol. The van der Waals surface area contributed by atoms with Crippen LogP contribution in [0, 0.1) is 0 Å². The Morgan fingerprint density at radius 1 is 0.975 bits per heavy atom. The van der Waals surface area contributed by atoms with E-state index in [4.69, 9.17) is 32.9 Å². The number of fused-ring (bicyclic) bond motifs is 1. The van der Waals surface area contributed by atoms with Gasteiger partial charge in [-0.15, -0.1) is 11.3 Å². The van der Waals surface area contributed by atoms with Gasteiger partial charge in [0.05, 0.1) is 18.7 Å². The lowest BCUT2D eigenvalue weighted by Crippen LogP contribution is -2.44. The van der Waals surface area contributed by atoms with Crippen LogP contribution < -0.4 is 9.47 Å². The van der Waals surface area contributed by atoms with Crippen LogP contribution in [0.15, 0.2) is 66.7 Å². The fourth-order valence-corrected chi connectivity index (χ4v) is 7.18. The molecule has 4 aromatic rings. The number of hydrogen-bond acceptors (Lipinski definition) is 5. The molecule has 0 radical (unpaired) electrons. The molecule has 5 rings (SSSR count). The van der Waals surface area contributed by atoms with E-state index < -0.39 is 0 Å². The lowest BCUT2D eigenvalue weighted by Gasteiger charge is -2.38. The molecule has 0 N–H and O–H groups in total. The van der Waals surface area contributed by atoms with Crippen LogP contribution in [0.3, 0.4) is 0 Å². The predicted molar refractivity (Wildman–Crippen MR) is 166 cm³/mol. The van der Waals surface area contributed by atoms with Gasteiger partial charge in [-0.05, 0) is 85.8 Å². The second-order valence-corrected chi connectivity index (χ2v) is 12.1. The summed E-state index contributed by atoms with van der Waals surface area (Å²) in [5, 5.41) is 1.45. The van der Waals surface area contributed by atoms with Gasteiger partial charge in [-0.1, -0.05) is 48.0 Å². The Labute approximate surface area is 250 Å². The topological polar surface area (TPSA) is 42.0 Å². The van der Waals surface area contributed by atoms with Crippen molar-refractivity contribution < 1.29 is 14.3 Å². The monoisotopic (exact) mass is 596 g/mol. The molecule has 0 spiro atoms. The number of thiophene rings is 1. The number of ether oxygens (including phenoxy) is 2. The number of halogens is 2. The van der Waals surface area contributed by atoms with Crippen molar-refractivity contribution in [3.05, 3.63) is 82.2 Å². The van der Waals surface area contributed by atoms with E-state index in [1.54, 1.807) is 11.5 Å². The number of carbonyl (C=O) groups is 1. The van der Waals surface area contributed by atoms with E-state index in [0.717, 1.165) is 64.0 Å². The van der Waals surface area contributed by atoms with E-state index in [2.05, 4.69) is 12.1 Å². The Bertz CT molecular complexity index is 1460. The summed E-state index contributed by atoms with van der Waals surface area (Å²) in [7, 11) is 3.57. The zero-order chi connectivity index (χ0) is 28.2. The zero-order valence-electron chi connectivity index (χ0n) is 23.0. The molecule has 0 atom stereocenters. The summed E-state index contributed by atoms with van der Waals surface area (Å²) in [4.78, 5) is 16.9. The van der Waals surface area contributed by atoms with Crippen molar-refractivity contribution in [2.75, 3.05) is 20.8 Å². The summed E-state index contributed by atoms with van der Waals surface area (Å²) in [5.41, 5.74) is 3.10. The minimum Gasteiger partial charge on any atom is -0.497 e. The number of nitrogens with zero attached hydrogens (tertiary/aromatic N) is 2. The summed E-state index contributed by atoms with van der Waals surface area (Å²) in [6.07, 6.45) is 3.60. The van der Waals surface area contributed by atoms with Gasteiger partial charge in [-0.3, -0.25) is 4.79 Å². The zero-order valence-corrected chi connectivity index (χ0v) is 25.4. The number of hydrogen-bond donors (Lipinski definition) is 0. The molecule has 1 aromatic heterocycles. The van der Waals surface area contributed by atoms with Crippen LogP contribution in [0.5, 0.6) is 11.5 Å². The minimum absolute atomic E-state index is 0.0359. The largest absolute Gasteiger partial charge is 0.497 e. The highest BCUT2D eigenvalue weighted by molar-refractivity contribution is 7.21. The van der Waals surface area contributed by atoms with Crippen molar-refractivity contribution in [1.82, 2.24) is 9.32 Å². The Hall–Kier alpha value is -2.77. The number of methoxy groups -OCH3 is 1. The number of amides is 1. The van der Waals surface area contributed by atoms with E-state index in [1.807, 2.05) is 73.5 Å². The van der Waals surface area contributed by atoms with E-state index in [9.17, 15) is 4.79 Å². The highest BCUT2D eigenvalue weighted by Gasteiger charge is 2.33. The molecule has 5 nitrogen and oxygen atoms in total. The Kier molecular flexibility index (Phi) is 9.21. The van der Waals surface area contributed by atoms with Crippen LogP contribution in [0.2, 0.25) is 5.02 Å². The third-order valence-corrected chi connectivity index (χ3v) is 9.66. The molecule has 1 saturated carbocycles. The normalized spacial score (nSPS) is 17.2. The van der Waals surface area contributed by atoms with Gasteiger partial charge >= 0.3 is 0 Å². The summed E-state index contributed by atoms with van der Waals surface area (Å²) in [6, 6.07) is 22.5. The van der Waals surface area contributed by atoms with Gasteiger partial charge in [0, 0.05) is 41.3 Å². The molecular weight excluding hydrogens is 563 g/mol. The standard InChI is InChI=1S/C32H34Cl2N2O3S/c1-4-39-28-18-11-22(21-9-16-26(38-3)17-10-21)19-23(28)20-36(25-14-12-24(13-15-25)35(2)34)32(37)31-30(33)27-7-5-6-8-29(27)40-31/h5-11,16-19,24-25H,4,12-15,20H2,1-3H3/t24-,25-. The molecule has 1 amide bonds. The summed E-state index contributed by atoms with van der Waals surface area (Å²) >= 11 is 14.6. The first-order valence-electron chi connectivity index (χ1n) is 13.7. The SMILES string of the molecule is CCOc1ccc(-c2ccc(OC)cc2)cc1CN(C(=O)c1sc2ccccc2c1Cl)[C@H]1CC[C@H](N(C)Cl)CC1. The second kappa shape index (κ2) is 12.8. The first kappa shape index (κ1) is 28.7. The quantitative estimate of drug-likeness (QED) is 0.181. The molecule has 40 heavy (non-hydrogen) atoms. The third kappa shape index (κ3) is 6.10. The molecule has 210 valence electrons. The van der Waals surface area contributed by atoms with Crippen molar-refractivity contribution in [1.29, 1.82) is 0 Å². The highest BCUT2D eigenvalue weighted by atomic mass is 35.5. The molecule has 1 aliphatic rings. The van der Waals surface area contributed by atoms with Gasteiger partial charge in [-0.2, -0.15) is 0 Å². The Morgan fingerprint density at radius 2 is 1.65 bits per heavy atom. The molecule has 1 heterocycles. The summed E-state index contributed by atoms with van der Waals surface area (Å²) < 4.78 is 14.2. The van der Waals surface area contributed by atoms with Gasteiger partial charge in [-0.25, -0.2) is 4.42 Å². The van der Waals surface area contributed by atoms with E-state index in [0.29, 0.717) is 29.1 Å². The van der Waals surface area contributed by atoms with Crippen LogP contribution >= 0.6 is 34.7 Å². The van der Waals surface area contributed by atoms with E-state index in [1.165, 1.54) is 11.3 Å². The Morgan fingerprint density at radius 3 is 2.30 bits per heavy atom. The molecule has 1 fully saturated rings. The lowest BCUT2D eigenvalue weighted by atomic mass is 9.89. The van der Waals surface area contributed by atoms with E-state index >= 15 is 0 Å². The first-order valence-corrected chi connectivity index (χ1v) is 15.2. The molecule has 0 saturated heterocycles. The van der Waals surface area contributed by atoms with Gasteiger partial charge in [0.1, 0.15) is 16.4 Å². The maximum atomic E-state index is 14.3. The smallest absolute Gasteiger partial charge is 0.266 e. The molecule has 8 heteroatoms. The maximum Gasteiger partial charge on any atom is 0.266 e. The van der Waals surface area contributed by atoms with Crippen molar-refractivity contribution in [3.8, 4) is 22.6 Å². The van der Waals surface area contributed by atoms with Gasteiger partial charge in [0.15, 0.2) is 0 Å². The number of benzene rings is 3. The van der Waals surface area contributed by atoms with E-state index in [-0.39, 0.29) is 11.9 Å². The predicted octanol–water partition coefficient (Wildman–Crippen LogP) is 8.67.